The van der Waals surface area contributed by atoms with Crippen LogP contribution in [0.15, 0.2) is 12.1 Å². The first-order chi connectivity index (χ1) is 8.67. The zero-order valence-corrected chi connectivity index (χ0v) is 10.8. The summed E-state index contributed by atoms with van der Waals surface area (Å²) in [6.45, 7) is -0.401. The predicted molar refractivity (Wildman–Crippen MR) is 65.2 cm³/mol. The number of aryl methyl sites for hydroxylation is 1. The van der Waals surface area contributed by atoms with Gasteiger partial charge in [-0.1, -0.05) is 0 Å². The first kappa shape index (κ1) is 14.3. The van der Waals surface area contributed by atoms with Gasteiger partial charge in [0, 0.05) is 0 Å². The molecule has 4 nitrogen and oxygen atoms in total. The fourth-order valence-electron chi connectivity index (χ4n) is 1.70. The summed E-state index contributed by atoms with van der Waals surface area (Å²) in [5.74, 6) is 0.259. The Morgan fingerprint density at radius 1 is 1.22 bits per heavy atom. The van der Waals surface area contributed by atoms with Gasteiger partial charge in [-0.2, -0.15) is 0 Å². The molecule has 0 spiro atoms. The third-order valence-electron chi connectivity index (χ3n) is 2.54. The normalized spacial score (nSPS) is 10.0. The molecule has 1 rings (SSSR count). The molecular weight excluding hydrogens is 239 g/mol. The van der Waals surface area contributed by atoms with Crippen LogP contribution in [-0.2, 0) is 11.2 Å². The van der Waals surface area contributed by atoms with E-state index in [9.17, 15) is 9.18 Å². The van der Waals surface area contributed by atoms with Gasteiger partial charge in [-0.25, -0.2) is 4.79 Å². The van der Waals surface area contributed by atoms with Crippen molar-refractivity contribution in [2.24, 2.45) is 0 Å². The Bertz CT molecular complexity index is 418. The molecule has 0 heterocycles. The highest BCUT2D eigenvalue weighted by atomic mass is 19.1. The number of esters is 1. The van der Waals surface area contributed by atoms with Crippen molar-refractivity contribution >= 4 is 5.97 Å². The van der Waals surface area contributed by atoms with E-state index in [-0.39, 0.29) is 5.56 Å². The van der Waals surface area contributed by atoms with Crippen LogP contribution in [0.1, 0.15) is 22.3 Å². The van der Waals surface area contributed by atoms with Crippen LogP contribution in [0, 0.1) is 0 Å². The second kappa shape index (κ2) is 6.83. The summed E-state index contributed by atoms with van der Waals surface area (Å²) >= 11 is 0. The van der Waals surface area contributed by atoms with Crippen molar-refractivity contribution in [1.29, 1.82) is 0 Å². The van der Waals surface area contributed by atoms with Crippen LogP contribution in [0.2, 0.25) is 0 Å². The Balaban J connectivity index is 3.22. The Labute approximate surface area is 106 Å². The summed E-state index contributed by atoms with van der Waals surface area (Å²) in [6, 6.07) is 3.38. The van der Waals surface area contributed by atoms with E-state index in [2.05, 4.69) is 4.74 Å². The van der Waals surface area contributed by atoms with Crippen molar-refractivity contribution in [3.8, 4) is 11.5 Å². The second-order valence-electron chi connectivity index (χ2n) is 3.66. The standard InChI is InChI=1S/C13H17FO4/c1-16-11-8-9(5-4-6-14)7-10(12(11)17-2)13(15)18-3/h7-8H,4-6H2,1-3H3. The average Bonchev–Trinajstić information content (AvgIpc) is 2.42. The topological polar surface area (TPSA) is 44.8 Å². The van der Waals surface area contributed by atoms with Crippen LogP contribution in [-0.4, -0.2) is 34.0 Å². The number of methoxy groups -OCH3 is 3. The molecule has 0 saturated carbocycles. The van der Waals surface area contributed by atoms with E-state index < -0.39 is 12.6 Å². The molecule has 0 aliphatic rings. The van der Waals surface area contributed by atoms with Gasteiger partial charge < -0.3 is 14.2 Å². The van der Waals surface area contributed by atoms with E-state index in [1.54, 1.807) is 12.1 Å². The molecule has 0 atom stereocenters. The molecule has 0 saturated heterocycles. The molecule has 18 heavy (non-hydrogen) atoms. The Morgan fingerprint density at radius 3 is 2.44 bits per heavy atom. The zero-order valence-electron chi connectivity index (χ0n) is 10.8. The Kier molecular flexibility index (Phi) is 5.42. The molecule has 1 aromatic rings. The van der Waals surface area contributed by atoms with Crippen LogP contribution in [0.3, 0.4) is 0 Å². The number of hydrogen-bond donors (Lipinski definition) is 0. The Morgan fingerprint density at radius 2 is 1.94 bits per heavy atom. The summed E-state index contributed by atoms with van der Waals surface area (Å²) < 4.78 is 27.2. The first-order valence-corrected chi connectivity index (χ1v) is 5.57. The van der Waals surface area contributed by atoms with Crippen molar-refractivity contribution in [3.05, 3.63) is 23.3 Å². The van der Waals surface area contributed by atoms with Crippen LogP contribution >= 0.6 is 0 Å². The molecule has 100 valence electrons. The molecule has 5 heteroatoms. The smallest absolute Gasteiger partial charge is 0.341 e. The van der Waals surface area contributed by atoms with Crippen molar-refractivity contribution < 1.29 is 23.4 Å². The zero-order chi connectivity index (χ0) is 13.5. The van der Waals surface area contributed by atoms with Gasteiger partial charge in [-0.05, 0) is 30.5 Å². The molecule has 0 aliphatic carbocycles. The molecule has 0 bridgehead atoms. The van der Waals surface area contributed by atoms with Crippen LogP contribution in [0.4, 0.5) is 4.39 Å². The van der Waals surface area contributed by atoms with Gasteiger partial charge in [-0.3, -0.25) is 4.39 Å². The van der Waals surface area contributed by atoms with Crippen molar-refractivity contribution in [2.75, 3.05) is 28.0 Å². The fraction of sp³-hybridized carbons (Fsp3) is 0.462. The monoisotopic (exact) mass is 256 g/mol. The van der Waals surface area contributed by atoms with E-state index in [1.165, 1.54) is 21.3 Å². The van der Waals surface area contributed by atoms with Gasteiger partial charge in [0.25, 0.3) is 0 Å². The summed E-state index contributed by atoms with van der Waals surface area (Å²) in [7, 11) is 4.23. The van der Waals surface area contributed by atoms with Crippen LogP contribution in [0.25, 0.3) is 0 Å². The van der Waals surface area contributed by atoms with Gasteiger partial charge in [0.1, 0.15) is 5.56 Å². The molecule has 0 unspecified atom stereocenters. The van der Waals surface area contributed by atoms with Crippen molar-refractivity contribution in [3.63, 3.8) is 0 Å². The minimum Gasteiger partial charge on any atom is -0.493 e. The number of benzene rings is 1. The molecule has 1 aromatic carbocycles. The van der Waals surface area contributed by atoms with E-state index in [0.29, 0.717) is 24.3 Å². The fourth-order valence-corrected chi connectivity index (χ4v) is 1.70. The molecule has 0 amide bonds. The van der Waals surface area contributed by atoms with E-state index in [1.807, 2.05) is 0 Å². The number of rotatable bonds is 6. The number of ether oxygens (including phenoxy) is 3. The second-order valence-corrected chi connectivity index (χ2v) is 3.66. The lowest BCUT2D eigenvalue weighted by atomic mass is 10.0. The minimum atomic E-state index is -0.507. The maximum absolute atomic E-state index is 12.2. The highest BCUT2D eigenvalue weighted by Crippen LogP contribution is 2.33. The van der Waals surface area contributed by atoms with E-state index >= 15 is 0 Å². The summed E-state index contributed by atoms with van der Waals surface area (Å²) in [5, 5.41) is 0. The summed E-state index contributed by atoms with van der Waals surface area (Å²) in [5.41, 5.74) is 1.10. The van der Waals surface area contributed by atoms with Gasteiger partial charge >= 0.3 is 5.97 Å². The number of halogens is 1. The Hall–Kier alpha value is -1.78. The highest BCUT2D eigenvalue weighted by molar-refractivity contribution is 5.93. The van der Waals surface area contributed by atoms with Crippen molar-refractivity contribution in [1.82, 2.24) is 0 Å². The first-order valence-electron chi connectivity index (χ1n) is 5.57. The lowest BCUT2D eigenvalue weighted by molar-refractivity contribution is 0.0596. The lowest BCUT2D eigenvalue weighted by Crippen LogP contribution is -2.07. The van der Waals surface area contributed by atoms with E-state index in [4.69, 9.17) is 9.47 Å². The number of carbonyl (C=O) groups excluding carboxylic acids is 1. The average molecular weight is 256 g/mol. The molecular formula is C13H17FO4. The molecule has 0 aromatic heterocycles. The van der Waals surface area contributed by atoms with Crippen LogP contribution < -0.4 is 9.47 Å². The van der Waals surface area contributed by atoms with E-state index in [0.717, 1.165) is 5.56 Å². The largest absolute Gasteiger partial charge is 0.493 e. The summed E-state index contributed by atoms with van der Waals surface area (Å²) in [4.78, 5) is 11.7. The van der Waals surface area contributed by atoms with Crippen LogP contribution in [0.5, 0.6) is 11.5 Å². The molecule has 0 radical (unpaired) electrons. The third kappa shape index (κ3) is 3.12. The molecule has 0 fully saturated rings. The SMILES string of the molecule is COC(=O)c1cc(CCCF)cc(OC)c1OC. The number of carbonyl (C=O) groups is 1. The minimum absolute atomic E-state index is 0.285. The number of alkyl halides is 1. The van der Waals surface area contributed by atoms with Gasteiger partial charge in [0.05, 0.1) is 28.0 Å². The van der Waals surface area contributed by atoms with Gasteiger partial charge in [0.2, 0.25) is 0 Å². The lowest BCUT2D eigenvalue weighted by Gasteiger charge is -2.13. The molecule has 0 N–H and O–H groups in total. The maximum atomic E-state index is 12.2. The quantitative estimate of drug-likeness (QED) is 0.733. The van der Waals surface area contributed by atoms with Crippen molar-refractivity contribution in [2.45, 2.75) is 12.8 Å². The number of hydrogen-bond acceptors (Lipinski definition) is 4. The third-order valence-corrected chi connectivity index (χ3v) is 2.54. The summed E-state index contributed by atoms with van der Waals surface area (Å²) in [6.07, 6.45) is 0.928. The predicted octanol–water partition coefficient (Wildman–Crippen LogP) is 2.39. The van der Waals surface area contributed by atoms with Gasteiger partial charge in [0.15, 0.2) is 11.5 Å². The maximum Gasteiger partial charge on any atom is 0.341 e. The highest BCUT2D eigenvalue weighted by Gasteiger charge is 2.18. The molecule has 0 aliphatic heterocycles. The van der Waals surface area contributed by atoms with Gasteiger partial charge in [-0.15, -0.1) is 0 Å².